The van der Waals surface area contributed by atoms with Crippen LogP contribution in [0.5, 0.6) is 0 Å². The summed E-state index contributed by atoms with van der Waals surface area (Å²) in [4.78, 5) is 39.6. The molecule has 7 heteroatoms. The number of carbonyl (C=O) groups excluding carboxylic acids is 3. The summed E-state index contributed by atoms with van der Waals surface area (Å²) in [5, 5.41) is 12.1. The molecule has 4 rings (SSSR count). The van der Waals surface area contributed by atoms with E-state index in [0.29, 0.717) is 23.1 Å². The molecule has 0 spiro atoms. The van der Waals surface area contributed by atoms with Crippen LogP contribution in [0.25, 0.3) is 11.1 Å². The lowest BCUT2D eigenvalue weighted by Gasteiger charge is -2.27. The first kappa shape index (κ1) is 20.6. The van der Waals surface area contributed by atoms with E-state index in [9.17, 15) is 14.4 Å². The van der Waals surface area contributed by atoms with E-state index in [-0.39, 0.29) is 24.4 Å². The van der Waals surface area contributed by atoms with Crippen LogP contribution < -0.4 is 10.8 Å². The van der Waals surface area contributed by atoms with Crippen LogP contribution in [-0.2, 0) is 16.1 Å². The molecule has 1 heterocycles. The van der Waals surface area contributed by atoms with Crippen molar-refractivity contribution in [3.05, 3.63) is 83.5 Å². The van der Waals surface area contributed by atoms with Crippen LogP contribution in [0.1, 0.15) is 29.3 Å². The average molecular weight is 417 g/mol. The standard InChI is InChI=1S/C24H23N3O4/c1-15-22(28)25-21-10-6-5-9-19(21)24(30)27(15)14-16-11-12-18(23(29)26-31)20(13-16)17-7-3-2-4-8-17/h2-9,11-13,15,21,31H,10,14H2,1H3,(H,25,28)(H,26,29). The molecule has 2 unspecified atom stereocenters. The molecule has 0 saturated carbocycles. The summed E-state index contributed by atoms with van der Waals surface area (Å²) in [6, 6.07) is 13.5. The van der Waals surface area contributed by atoms with Gasteiger partial charge in [-0.2, -0.15) is 0 Å². The van der Waals surface area contributed by atoms with Crippen molar-refractivity contribution in [2.45, 2.75) is 32.0 Å². The second-order valence-electron chi connectivity index (χ2n) is 7.64. The Balaban J connectivity index is 1.72. The molecule has 0 radical (unpaired) electrons. The second-order valence-corrected chi connectivity index (χ2v) is 7.64. The van der Waals surface area contributed by atoms with Crippen LogP contribution >= 0.6 is 0 Å². The molecule has 31 heavy (non-hydrogen) atoms. The van der Waals surface area contributed by atoms with Gasteiger partial charge in [-0.25, -0.2) is 5.48 Å². The number of allylic oxidation sites excluding steroid dienone is 2. The van der Waals surface area contributed by atoms with Gasteiger partial charge < -0.3 is 10.2 Å². The third-order valence-corrected chi connectivity index (χ3v) is 5.70. The van der Waals surface area contributed by atoms with Gasteiger partial charge >= 0.3 is 0 Å². The van der Waals surface area contributed by atoms with Crippen LogP contribution in [0.4, 0.5) is 0 Å². The van der Waals surface area contributed by atoms with Crippen LogP contribution in [-0.4, -0.2) is 39.9 Å². The molecule has 2 aliphatic rings. The van der Waals surface area contributed by atoms with E-state index in [0.717, 1.165) is 11.1 Å². The second kappa shape index (κ2) is 8.57. The Morgan fingerprint density at radius 1 is 1.19 bits per heavy atom. The van der Waals surface area contributed by atoms with Gasteiger partial charge in [-0.3, -0.25) is 19.6 Å². The summed E-state index contributed by atoms with van der Waals surface area (Å²) in [6.07, 6.45) is 6.11. The number of fused-ring (bicyclic) bond motifs is 1. The molecular weight excluding hydrogens is 394 g/mol. The zero-order valence-electron chi connectivity index (χ0n) is 17.0. The molecule has 2 atom stereocenters. The van der Waals surface area contributed by atoms with Crippen molar-refractivity contribution in [1.82, 2.24) is 15.7 Å². The van der Waals surface area contributed by atoms with Gasteiger partial charge in [-0.05, 0) is 42.2 Å². The van der Waals surface area contributed by atoms with Gasteiger partial charge in [0.05, 0.1) is 6.04 Å². The minimum Gasteiger partial charge on any atom is -0.347 e. The third-order valence-electron chi connectivity index (χ3n) is 5.70. The fourth-order valence-corrected chi connectivity index (χ4v) is 3.97. The molecule has 0 aromatic heterocycles. The molecule has 3 amide bonds. The average Bonchev–Trinajstić information content (AvgIpc) is 2.89. The molecule has 1 aliphatic heterocycles. The van der Waals surface area contributed by atoms with Crippen molar-refractivity contribution in [3.8, 4) is 11.1 Å². The summed E-state index contributed by atoms with van der Waals surface area (Å²) in [6.45, 7) is 1.92. The van der Waals surface area contributed by atoms with E-state index in [4.69, 9.17) is 5.21 Å². The van der Waals surface area contributed by atoms with Crippen LogP contribution in [0.15, 0.2) is 72.3 Å². The number of amides is 3. The summed E-state index contributed by atoms with van der Waals surface area (Å²) in [5.74, 6) is -0.999. The summed E-state index contributed by atoms with van der Waals surface area (Å²) in [5.41, 5.74) is 4.76. The lowest BCUT2D eigenvalue weighted by molar-refractivity contribution is -0.135. The van der Waals surface area contributed by atoms with E-state index < -0.39 is 11.9 Å². The van der Waals surface area contributed by atoms with Crippen molar-refractivity contribution in [2.24, 2.45) is 0 Å². The topological polar surface area (TPSA) is 98.7 Å². The maximum Gasteiger partial charge on any atom is 0.275 e. The minimum atomic E-state index is -0.639. The molecule has 1 aliphatic carbocycles. The van der Waals surface area contributed by atoms with E-state index in [1.165, 1.54) is 0 Å². The van der Waals surface area contributed by atoms with Crippen molar-refractivity contribution in [1.29, 1.82) is 0 Å². The number of nitrogens with one attached hydrogen (secondary N) is 2. The lowest BCUT2D eigenvalue weighted by atomic mass is 9.96. The Kier molecular flexibility index (Phi) is 5.68. The largest absolute Gasteiger partial charge is 0.347 e. The molecule has 2 aromatic carbocycles. The Labute approximate surface area is 180 Å². The zero-order chi connectivity index (χ0) is 22.0. The Morgan fingerprint density at radius 3 is 2.71 bits per heavy atom. The van der Waals surface area contributed by atoms with Gasteiger partial charge in [-0.15, -0.1) is 0 Å². The number of benzene rings is 2. The van der Waals surface area contributed by atoms with E-state index in [2.05, 4.69) is 5.32 Å². The first-order chi connectivity index (χ1) is 15.0. The fraction of sp³-hybridized carbons (Fsp3) is 0.208. The van der Waals surface area contributed by atoms with Gasteiger partial charge in [0, 0.05) is 17.7 Å². The summed E-state index contributed by atoms with van der Waals surface area (Å²) >= 11 is 0. The van der Waals surface area contributed by atoms with Crippen LogP contribution in [0.2, 0.25) is 0 Å². The first-order valence-corrected chi connectivity index (χ1v) is 10.1. The quantitative estimate of drug-likeness (QED) is 0.526. The lowest BCUT2D eigenvalue weighted by Crippen LogP contribution is -2.44. The fourth-order valence-electron chi connectivity index (χ4n) is 3.97. The van der Waals surface area contributed by atoms with Crippen LogP contribution in [0, 0.1) is 0 Å². The third kappa shape index (κ3) is 4.00. The van der Waals surface area contributed by atoms with E-state index in [1.807, 2.05) is 48.6 Å². The minimum absolute atomic E-state index is 0.182. The van der Waals surface area contributed by atoms with Crippen molar-refractivity contribution in [2.75, 3.05) is 0 Å². The highest BCUT2D eigenvalue weighted by Gasteiger charge is 2.36. The van der Waals surface area contributed by atoms with Crippen LogP contribution in [0.3, 0.4) is 0 Å². The molecule has 3 N–H and O–H groups in total. The molecule has 1 saturated heterocycles. The normalized spacial score (nSPS) is 20.5. The van der Waals surface area contributed by atoms with E-state index >= 15 is 0 Å². The molecule has 2 aromatic rings. The molecule has 7 nitrogen and oxygen atoms in total. The van der Waals surface area contributed by atoms with Gasteiger partial charge in [0.15, 0.2) is 0 Å². The Morgan fingerprint density at radius 2 is 1.97 bits per heavy atom. The van der Waals surface area contributed by atoms with Gasteiger partial charge in [0.2, 0.25) is 5.91 Å². The smallest absolute Gasteiger partial charge is 0.275 e. The number of hydroxylamine groups is 1. The Bertz CT molecular complexity index is 1090. The maximum absolute atomic E-state index is 13.3. The van der Waals surface area contributed by atoms with E-state index in [1.54, 1.807) is 35.5 Å². The summed E-state index contributed by atoms with van der Waals surface area (Å²) in [7, 11) is 0. The maximum atomic E-state index is 13.3. The molecule has 158 valence electrons. The SMILES string of the molecule is CC1C(=O)NC2CC=CC=C2C(=O)N1Cc1ccc(C(=O)NO)c(-c2ccccc2)c1. The number of hydrogen-bond acceptors (Lipinski definition) is 4. The van der Waals surface area contributed by atoms with Crippen molar-refractivity contribution < 1.29 is 19.6 Å². The van der Waals surface area contributed by atoms with Crippen molar-refractivity contribution in [3.63, 3.8) is 0 Å². The highest BCUT2D eigenvalue weighted by atomic mass is 16.5. The summed E-state index contributed by atoms with van der Waals surface area (Å²) < 4.78 is 0. The molecule has 1 fully saturated rings. The first-order valence-electron chi connectivity index (χ1n) is 10.1. The molecule has 0 bridgehead atoms. The predicted octanol–water partition coefficient (Wildman–Crippen LogP) is 2.57. The Hall–Kier alpha value is -3.71. The van der Waals surface area contributed by atoms with Gasteiger partial charge in [0.25, 0.3) is 11.8 Å². The van der Waals surface area contributed by atoms with Crippen molar-refractivity contribution >= 4 is 17.7 Å². The number of rotatable bonds is 4. The highest BCUT2D eigenvalue weighted by molar-refractivity contribution is 6.02. The number of nitrogens with zero attached hydrogens (tertiary/aromatic N) is 1. The number of hydrogen-bond donors (Lipinski definition) is 3. The number of carbonyl (C=O) groups is 3. The molecular formula is C24H23N3O4. The predicted molar refractivity (Wildman–Crippen MR) is 115 cm³/mol. The zero-order valence-corrected chi connectivity index (χ0v) is 17.0. The van der Waals surface area contributed by atoms with Gasteiger partial charge in [0.1, 0.15) is 6.04 Å². The highest BCUT2D eigenvalue weighted by Crippen LogP contribution is 2.28. The van der Waals surface area contributed by atoms with Gasteiger partial charge in [-0.1, -0.05) is 54.6 Å². The monoisotopic (exact) mass is 417 g/mol.